The second-order valence-corrected chi connectivity index (χ2v) is 5.16. The third-order valence-corrected chi connectivity index (χ3v) is 3.37. The molecule has 1 N–H and O–H groups in total. The fourth-order valence-electron chi connectivity index (χ4n) is 2.11. The molecule has 0 spiro atoms. The summed E-state index contributed by atoms with van der Waals surface area (Å²) in [6, 6.07) is 6.37. The van der Waals surface area contributed by atoms with Crippen LogP contribution in [0.25, 0.3) is 16.9 Å². The van der Waals surface area contributed by atoms with Crippen molar-refractivity contribution in [1.29, 1.82) is 0 Å². The molecule has 0 bridgehead atoms. The minimum absolute atomic E-state index is 0.0802. The maximum Gasteiger partial charge on any atom is 0.360 e. The monoisotopic (exact) mass is 345 g/mol. The molecule has 1 aromatic carbocycles. The molecular formula is C15H12ClN5O3. The summed E-state index contributed by atoms with van der Waals surface area (Å²) in [5.41, 5.74) is 1.35. The van der Waals surface area contributed by atoms with Gasteiger partial charge in [-0.25, -0.2) is 14.5 Å². The van der Waals surface area contributed by atoms with Crippen molar-refractivity contribution in [1.82, 2.24) is 25.0 Å². The fourth-order valence-corrected chi connectivity index (χ4v) is 2.28. The number of carbonyl (C=O) groups is 1. The minimum Gasteiger partial charge on any atom is -0.461 e. The molecule has 9 heteroatoms. The summed E-state index contributed by atoms with van der Waals surface area (Å²) in [4.78, 5) is 29.9. The summed E-state index contributed by atoms with van der Waals surface area (Å²) < 4.78 is 6.30. The number of H-pyrrole nitrogens is 1. The molecule has 0 saturated carbocycles. The fraction of sp³-hybridized carbons (Fsp3) is 0.133. The number of hydrogen-bond donors (Lipinski definition) is 1. The van der Waals surface area contributed by atoms with Crippen LogP contribution < -0.4 is 5.56 Å². The van der Waals surface area contributed by atoms with E-state index in [1.54, 1.807) is 25.1 Å². The number of ether oxygens (including phenoxy) is 1. The van der Waals surface area contributed by atoms with E-state index in [9.17, 15) is 9.59 Å². The Morgan fingerprint density at radius 2 is 2.21 bits per heavy atom. The van der Waals surface area contributed by atoms with Gasteiger partial charge in [-0.05, 0) is 25.1 Å². The van der Waals surface area contributed by atoms with Crippen LogP contribution in [0.1, 0.15) is 17.4 Å². The van der Waals surface area contributed by atoms with Gasteiger partial charge in [-0.2, -0.15) is 0 Å². The van der Waals surface area contributed by atoms with Crippen molar-refractivity contribution in [2.45, 2.75) is 6.92 Å². The van der Waals surface area contributed by atoms with Gasteiger partial charge in [0, 0.05) is 16.7 Å². The Hall–Kier alpha value is -3.00. The average Bonchev–Trinajstić information content (AvgIpc) is 3.05. The van der Waals surface area contributed by atoms with E-state index >= 15 is 0 Å². The second-order valence-electron chi connectivity index (χ2n) is 4.73. The van der Waals surface area contributed by atoms with Crippen LogP contribution in [-0.4, -0.2) is 37.5 Å². The van der Waals surface area contributed by atoms with Gasteiger partial charge in [-0.15, -0.1) is 5.10 Å². The van der Waals surface area contributed by atoms with Gasteiger partial charge in [0.1, 0.15) is 0 Å². The third-order valence-electron chi connectivity index (χ3n) is 3.14. The zero-order chi connectivity index (χ0) is 17.1. The SMILES string of the molecule is CCOC(=O)c1cn(-c2ccc(Cl)cc2-c2cc(=O)[nH]cn2)nn1. The molecule has 3 aromatic rings. The van der Waals surface area contributed by atoms with Crippen molar-refractivity contribution in [2.24, 2.45) is 0 Å². The van der Waals surface area contributed by atoms with E-state index in [-0.39, 0.29) is 17.9 Å². The Labute approximate surface area is 141 Å². The largest absolute Gasteiger partial charge is 0.461 e. The second kappa shape index (κ2) is 6.63. The first-order valence-electron chi connectivity index (χ1n) is 7.03. The van der Waals surface area contributed by atoms with E-state index in [4.69, 9.17) is 16.3 Å². The van der Waals surface area contributed by atoms with E-state index in [1.807, 2.05) is 0 Å². The summed E-state index contributed by atoms with van der Waals surface area (Å²) in [6.07, 6.45) is 2.74. The zero-order valence-corrected chi connectivity index (χ0v) is 13.3. The normalized spacial score (nSPS) is 10.6. The predicted octanol–water partition coefficient (Wildman–Crippen LogP) is 1.85. The Morgan fingerprint density at radius 3 is 2.96 bits per heavy atom. The summed E-state index contributed by atoms with van der Waals surface area (Å²) in [6.45, 7) is 1.95. The van der Waals surface area contributed by atoms with Crippen molar-refractivity contribution in [3.05, 3.63) is 57.9 Å². The number of hydrogen-bond acceptors (Lipinski definition) is 6. The van der Waals surface area contributed by atoms with Gasteiger partial charge in [-0.3, -0.25) is 4.79 Å². The van der Waals surface area contributed by atoms with Crippen LogP contribution in [-0.2, 0) is 4.74 Å². The van der Waals surface area contributed by atoms with Gasteiger partial charge in [0.2, 0.25) is 0 Å². The van der Waals surface area contributed by atoms with Gasteiger partial charge in [0.25, 0.3) is 5.56 Å². The number of carbonyl (C=O) groups excluding carboxylic acids is 1. The summed E-state index contributed by atoms with van der Waals surface area (Å²) in [7, 11) is 0. The van der Waals surface area contributed by atoms with E-state index < -0.39 is 5.97 Å². The molecule has 122 valence electrons. The van der Waals surface area contributed by atoms with E-state index in [0.29, 0.717) is 22.0 Å². The minimum atomic E-state index is -0.562. The van der Waals surface area contributed by atoms with Crippen LogP contribution in [0.5, 0.6) is 0 Å². The van der Waals surface area contributed by atoms with Crippen molar-refractivity contribution < 1.29 is 9.53 Å². The molecule has 0 saturated heterocycles. The predicted molar refractivity (Wildman–Crippen MR) is 86.2 cm³/mol. The van der Waals surface area contributed by atoms with Gasteiger partial charge in [0.05, 0.1) is 30.5 Å². The Kier molecular flexibility index (Phi) is 4.39. The zero-order valence-electron chi connectivity index (χ0n) is 12.6. The Balaban J connectivity index is 2.09. The molecule has 3 rings (SSSR count). The first-order chi connectivity index (χ1) is 11.6. The molecule has 0 radical (unpaired) electrons. The third kappa shape index (κ3) is 3.18. The molecule has 0 aliphatic heterocycles. The molecule has 0 amide bonds. The number of halogens is 1. The van der Waals surface area contributed by atoms with Crippen LogP contribution in [0, 0.1) is 0 Å². The standard InChI is InChI=1S/C15H12ClN5O3/c1-2-24-15(23)12-7-21(20-19-12)13-4-3-9(16)5-10(13)11-6-14(22)18-8-17-11/h3-8H,2H2,1H3,(H,17,18,22). The van der Waals surface area contributed by atoms with Crippen molar-refractivity contribution in [3.63, 3.8) is 0 Å². The number of nitrogens with zero attached hydrogens (tertiary/aromatic N) is 4. The first kappa shape index (κ1) is 15.9. The van der Waals surface area contributed by atoms with Gasteiger partial charge < -0.3 is 9.72 Å². The molecule has 2 heterocycles. The highest BCUT2D eigenvalue weighted by Crippen LogP contribution is 2.27. The highest BCUT2D eigenvalue weighted by atomic mass is 35.5. The number of esters is 1. The maximum atomic E-state index is 11.7. The number of aromatic nitrogens is 5. The van der Waals surface area contributed by atoms with Gasteiger partial charge in [0.15, 0.2) is 5.69 Å². The number of nitrogens with one attached hydrogen (secondary N) is 1. The molecular weight excluding hydrogens is 334 g/mol. The van der Waals surface area contributed by atoms with E-state index in [2.05, 4.69) is 20.3 Å². The van der Waals surface area contributed by atoms with E-state index in [1.165, 1.54) is 23.3 Å². The van der Waals surface area contributed by atoms with Crippen molar-refractivity contribution in [2.75, 3.05) is 6.61 Å². The number of aromatic amines is 1. The molecule has 0 aliphatic rings. The van der Waals surface area contributed by atoms with E-state index in [0.717, 1.165) is 0 Å². The molecule has 0 unspecified atom stereocenters. The lowest BCUT2D eigenvalue weighted by atomic mass is 10.1. The van der Waals surface area contributed by atoms with Crippen LogP contribution in [0.2, 0.25) is 5.02 Å². The maximum absolute atomic E-state index is 11.7. The molecule has 0 atom stereocenters. The van der Waals surface area contributed by atoms with Crippen LogP contribution in [0.4, 0.5) is 0 Å². The highest BCUT2D eigenvalue weighted by Gasteiger charge is 2.15. The van der Waals surface area contributed by atoms with Crippen LogP contribution in [0.3, 0.4) is 0 Å². The molecule has 2 aromatic heterocycles. The highest BCUT2D eigenvalue weighted by molar-refractivity contribution is 6.31. The Bertz CT molecular complexity index is 950. The molecule has 8 nitrogen and oxygen atoms in total. The average molecular weight is 346 g/mol. The van der Waals surface area contributed by atoms with Crippen LogP contribution >= 0.6 is 11.6 Å². The lowest BCUT2D eigenvalue weighted by Gasteiger charge is -2.08. The quantitative estimate of drug-likeness (QED) is 0.724. The summed E-state index contributed by atoms with van der Waals surface area (Å²) in [5, 5.41) is 8.21. The number of benzene rings is 1. The smallest absolute Gasteiger partial charge is 0.360 e. The Morgan fingerprint density at radius 1 is 1.38 bits per heavy atom. The first-order valence-corrected chi connectivity index (χ1v) is 7.41. The molecule has 0 aliphatic carbocycles. The van der Waals surface area contributed by atoms with Gasteiger partial charge in [-0.1, -0.05) is 16.8 Å². The number of rotatable bonds is 4. The topological polar surface area (TPSA) is 103 Å². The molecule has 24 heavy (non-hydrogen) atoms. The summed E-state index contributed by atoms with van der Waals surface area (Å²) in [5.74, 6) is -0.562. The lowest BCUT2D eigenvalue weighted by molar-refractivity contribution is 0.0519. The van der Waals surface area contributed by atoms with Crippen molar-refractivity contribution in [3.8, 4) is 16.9 Å². The van der Waals surface area contributed by atoms with Crippen LogP contribution in [0.15, 0.2) is 41.6 Å². The summed E-state index contributed by atoms with van der Waals surface area (Å²) >= 11 is 6.06. The lowest BCUT2D eigenvalue weighted by Crippen LogP contribution is -2.06. The van der Waals surface area contributed by atoms with Gasteiger partial charge >= 0.3 is 5.97 Å². The molecule has 0 fully saturated rings. The van der Waals surface area contributed by atoms with Crippen molar-refractivity contribution >= 4 is 17.6 Å².